The Bertz CT molecular complexity index is 1170. The standard InChI is InChI=1S/C53H88O6/c1-4-7-10-13-16-19-22-25-28-31-34-37-40-43-46-52(55)58-49-50(48-57-51(54)45-42-39-36-33-30-27-24-21-18-15-12-9-6-3)59-53(56)47-44-41-38-35-32-29-26-23-20-17-14-11-8-5-2/h9,12-14,16-18,21-23,25-27,30,50H,4-8,10-11,15,19-20,24,28-29,31-49H2,1-3H3/b12-9-,16-13-,17-14-,21-18-,25-22-,26-23-,30-27-. The molecule has 0 radical (unpaired) electrons. The molecule has 0 bridgehead atoms. The average Bonchev–Trinajstić information content (AvgIpc) is 3.23. The van der Waals surface area contributed by atoms with E-state index in [4.69, 9.17) is 14.2 Å². The van der Waals surface area contributed by atoms with Gasteiger partial charge < -0.3 is 14.2 Å². The van der Waals surface area contributed by atoms with Crippen LogP contribution in [0.1, 0.15) is 213 Å². The molecule has 0 aliphatic rings. The molecule has 0 aliphatic carbocycles. The Morgan fingerprint density at radius 1 is 0.356 bits per heavy atom. The third-order valence-electron chi connectivity index (χ3n) is 9.85. The van der Waals surface area contributed by atoms with Crippen molar-refractivity contribution >= 4 is 17.9 Å². The summed E-state index contributed by atoms with van der Waals surface area (Å²) in [4.78, 5) is 37.8. The summed E-state index contributed by atoms with van der Waals surface area (Å²) in [6.07, 6.45) is 59.9. The first-order valence-electron chi connectivity index (χ1n) is 24.1. The number of allylic oxidation sites excluding steroid dienone is 14. The first-order chi connectivity index (χ1) is 29.0. The second-order valence-corrected chi connectivity index (χ2v) is 15.6. The van der Waals surface area contributed by atoms with Crippen molar-refractivity contribution in [2.24, 2.45) is 0 Å². The molecule has 0 saturated carbocycles. The lowest BCUT2D eigenvalue weighted by Gasteiger charge is -2.18. The van der Waals surface area contributed by atoms with Gasteiger partial charge in [-0.1, -0.05) is 176 Å². The van der Waals surface area contributed by atoms with Crippen LogP contribution in [0.4, 0.5) is 0 Å². The summed E-state index contributed by atoms with van der Waals surface area (Å²) in [6.45, 7) is 6.37. The van der Waals surface area contributed by atoms with Gasteiger partial charge in [-0.15, -0.1) is 0 Å². The molecule has 59 heavy (non-hydrogen) atoms. The number of hydrogen-bond donors (Lipinski definition) is 0. The third-order valence-corrected chi connectivity index (χ3v) is 9.85. The topological polar surface area (TPSA) is 78.9 Å². The van der Waals surface area contributed by atoms with Gasteiger partial charge in [-0.3, -0.25) is 14.4 Å². The van der Waals surface area contributed by atoms with Crippen LogP contribution < -0.4 is 0 Å². The first-order valence-corrected chi connectivity index (χ1v) is 24.1. The van der Waals surface area contributed by atoms with Crippen molar-refractivity contribution in [3.05, 3.63) is 85.1 Å². The molecule has 0 spiro atoms. The Labute approximate surface area is 363 Å². The zero-order valence-electron chi connectivity index (χ0n) is 38.2. The van der Waals surface area contributed by atoms with E-state index in [0.29, 0.717) is 19.3 Å². The highest BCUT2D eigenvalue weighted by atomic mass is 16.6. The van der Waals surface area contributed by atoms with Crippen LogP contribution in [0.15, 0.2) is 85.1 Å². The summed E-state index contributed by atoms with van der Waals surface area (Å²) < 4.78 is 16.7. The van der Waals surface area contributed by atoms with Crippen molar-refractivity contribution in [2.45, 2.75) is 219 Å². The van der Waals surface area contributed by atoms with Crippen LogP contribution in [0.5, 0.6) is 0 Å². The van der Waals surface area contributed by atoms with Gasteiger partial charge in [-0.25, -0.2) is 0 Å². The SMILES string of the molecule is CC/C=C\C/C=C\C/C=C\CCCCCC(=O)OCC(COC(=O)CCCCCCC/C=C\C/C=C\CCCC)OC(=O)CCCCCCC/C=C\C/C=C\CCCC. The lowest BCUT2D eigenvalue weighted by molar-refractivity contribution is -0.167. The molecule has 0 aromatic carbocycles. The van der Waals surface area contributed by atoms with Gasteiger partial charge in [0.25, 0.3) is 0 Å². The second kappa shape index (κ2) is 47.3. The maximum absolute atomic E-state index is 12.8. The van der Waals surface area contributed by atoms with E-state index >= 15 is 0 Å². The lowest BCUT2D eigenvalue weighted by Crippen LogP contribution is -2.30. The first kappa shape index (κ1) is 55.6. The van der Waals surface area contributed by atoms with Crippen molar-refractivity contribution in [3.63, 3.8) is 0 Å². The molecule has 0 aromatic heterocycles. The average molecular weight is 821 g/mol. The minimum absolute atomic E-state index is 0.100. The molecule has 336 valence electrons. The molecule has 0 N–H and O–H groups in total. The maximum atomic E-state index is 12.8. The van der Waals surface area contributed by atoms with Crippen molar-refractivity contribution < 1.29 is 28.6 Å². The van der Waals surface area contributed by atoms with Crippen LogP contribution >= 0.6 is 0 Å². The smallest absolute Gasteiger partial charge is 0.306 e. The number of ether oxygens (including phenoxy) is 3. The van der Waals surface area contributed by atoms with Crippen LogP contribution in [-0.2, 0) is 28.6 Å². The molecule has 1 unspecified atom stereocenters. The Kier molecular flexibility index (Phi) is 44.5. The molecule has 0 fully saturated rings. The van der Waals surface area contributed by atoms with Gasteiger partial charge in [0.2, 0.25) is 0 Å². The molecule has 0 saturated heterocycles. The summed E-state index contributed by atoms with van der Waals surface area (Å²) in [5, 5.41) is 0. The maximum Gasteiger partial charge on any atom is 0.306 e. The molecule has 0 aliphatic heterocycles. The van der Waals surface area contributed by atoms with Crippen molar-refractivity contribution in [3.8, 4) is 0 Å². The van der Waals surface area contributed by atoms with Crippen LogP contribution in [0.2, 0.25) is 0 Å². The molecular weight excluding hydrogens is 733 g/mol. The third kappa shape index (κ3) is 45.5. The molecular formula is C53H88O6. The van der Waals surface area contributed by atoms with E-state index in [2.05, 4.69) is 106 Å². The molecule has 6 nitrogen and oxygen atoms in total. The van der Waals surface area contributed by atoms with E-state index in [1.807, 2.05) is 0 Å². The Morgan fingerprint density at radius 3 is 1.05 bits per heavy atom. The minimum atomic E-state index is -0.801. The Balaban J connectivity index is 4.49. The van der Waals surface area contributed by atoms with Gasteiger partial charge in [-0.05, 0) is 103 Å². The van der Waals surface area contributed by atoms with Gasteiger partial charge in [-0.2, -0.15) is 0 Å². The fourth-order valence-corrected chi connectivity index (χ4v) is 6.19. The summed E-state index contributed by atoms with van der Waals surface area (Å²) >= 11 is 0. The summed E-state index contributed by atoms with van der Waals surface area (Å²) in [6, 6.07) is 0. The number of rotatable bonds is 42. The molecule has 0 aromatic rings. The van der Waals surface area contributed by atoms with E-state index in [9.17, 15) is 14.4 Å². The highest BCUT2D eigenvalue weighted by molar-refractivity contribution is 5.71. The second-order valence-electron chi connectivity index (χ2n) is 15.6. The van der Waals surface area contributed by atoms with Crippen LogP contribution in [-0.4, -0.2) is 37.2 Å². The molecule has 0 amide bonds. The largest absolute Gasteiger partial charge is 0.462 e. The van der Waals surface area contributed by atoms with Gasteiger partial charge in [0.05, 0.1) is 0 Å². The quantitative estimate of drug-likeness (QED) is 0.0264. The Morgan fingerprint density at radius 2 is 0.661 bits per heavy atom. The fraction of sp³-hybridized carbons (Fsp3) is 0.679. The molecule has 1 atom stereocenters. The minimum Gasteiger partial charge on any atom is -0.462 e. The number of carbonyl (C=O) groups excluding carboxylic acids is 3. The highest BCUT2D eigenvalue weighted by Gasteiger charge is 2.19. The predicted octanol–water partition coefficient (Wildman–Crippen LogP) is 15.6. The zero-order chi connectivity index (χ0) is 43.0. The van der Waals surface area contributed by atoms with Gasteiger partial charge in [0, 0.05) is 19.3 Å². The van der Waals surface area contributed by atoms with E-state index in [0.717, 1.165) is 135 Å². The summed E-state index contributed by atoms with van der Waals surface area (Å²) in [5.41, 5.74) is 0. The molecule has 6 heteroatoms. The van der Waals surface area contributed by atoms with E-state index in [-0.39, 0.29) is 31.1 Å². The van der Waals surface area contributed by atoms with Crippen molar-refractivity contribution in [1.29, 1.82) is 0 Å². The van der Waals surface area contributed by atoms with E-state index < -0.39 is 6.10 Å². The molecule has 0 rings (SSSR count). The van der Waals surface area contributed by atoms with E-state index in [1.165, 1.54) is 38.5 Å². The van der Waals surface area contributed by atoms with E-state index in [1.54, 1.807) is 0 Å². The van der Waals surface area contributed by atoms with Crippen LogP contribution in [0.3, 0.4) is 0 Å². The predicted molar refractivity (Wildman–Crippen MR) is 251 cm³/mol. The van der Waals surface area contributed by atoms with Crippen LogP contribution in [0, 0.1) is 0 Å². The summed E-state index contributed by atoms with van der Waals surface area (Å²) in [7, 11) is 0. The highest BCUT2D eigenvalue weighted by Crippen LogP contribution is 2.12. The van der Waals surface area contributed by atoms with Gasteiger partial charge in [0.1, 0.15) is 13.2 Å². The number of esters is 3. The van der Waals surface area contributed by atoms with Gasteiger partial charge in [0.15, 0.2) is 6.10 Å². The zero-order valence-corrected chi connectivity index (χ0v) is 38.2. The fourth-order valence-electron chi connectivity index (χ4n) is 6.19. The normalized spacial score (nSPS) is 12.8. The number of carbonyl (C=O) groups is 3. The van der Waals surface area contributed by atoms with Gasteiger partial charge >= 0.3 is 17.9 Å². The Hall–Kier alpha value is -3.41. The van der Waals surface area contributed by atoms with Crippen LogP contribution in [0.25, 0.3) is 0 Å². The van der Waals surface area contributed by atoms with Crippen molar-refractivity contribution in [1.82, 2.24) is 0 Å². The lowest BCUT2D eigenvalue weighted by atomic mass is 10.1. The summed E-state index contributed by atoms with van der Waals surface area (Å²) in [5.74, 6) is -0.963. The monoisotopic (exact) mass is 821 g/mol. The van der Waals surface area contributed by atoms with Crippen molar-refractivity contribution in [2.75, 3.05) is 13.2 Å². The molecule has 0 heterocycles. The number of unbranched alkanes of at least 4 members (excludes halogenated alkanes) is 17. The number of hydrogen-bond acceptors (Lipinski definition) is 6.